The highest BCUT2D eigenvalue weighted by atomic mass is 35.5. The van der Waals surface area contributed by atoms with Crippen LogP contribution in [-0.4, -0.2) is 71.3 Å². The summed E-state index contributed by atoms with van der Waals surface area (Å²) < 4.78 is 44.3. The van der Waals surface area contributed by atoms with E-state index >= 15 is 0 Å². The molecule has 1 aromatic heterocycles. The van der Waals surface area contributed by atoms with Gasteiger partial charge in [0.05, 0.1) is 35.9 Å². The second kappa shape index (κ2) is 13.6. The number of aliphatic imine (C=N–C) groups is 1. The Morgan fingerprint density at radius 1 is 1.23 bits per heavy atom. The molecule has 4 rings (SSSR count). The van der Waals surface area contributed by atoms with Gasteiger partial charge in [-0.1, -0.05) is 23.7 Å². The lowest BCUT2D eigenvalue weighted by molar-refractivity contribution is -0.170. The normalized spacial score (nSPS) is 19.2. The van der Waals surface area contributed by atoms with E-state index < -0.39 is 23.1 Å². The quantitative estimate of drug-likeness (QED) is 0.185. The van der Waals surface area contributed by atoms with Gasteiger partial charge in [0.25, 0.3) is 5.91 Å². The number of hydrogen-bond donors (Lipinski definition) is 4. The van der Waals surface area contributed by atoms with Gasteiger partial charge in [-0.25, -0.2) is 9.98 Å². The molecule has 0 bridgehead atoms. The number of allylic oxidation sites excluding steroid dienone is 1. The third-order valence-corrected chi connectivity index (χ3v) is 7.15. The van der Waals surface area contributed by atoms with E-state index in [1.54, 1.807) is 11.8 Å². The number of aromatic nitrogens is 1. The van der Waals surface area contributed by atoms with E-state index in [1.165, 1.54) is 30.5 Å². The first-order chi connectivity index (χ1) is 20.8. The van der Waals surface area contributed by atoms with Crippen molar-refractivity contribution in [3.8, 4) is 0 Å². The molecular formula is C29H32ClF3N8O3. The number of rotatable bonds is 9. The number of carbonyl (C=O) groups is 2. The summed E-state index contributed by atoms with van der Waals surface area (Å²) in [7, 11) is 0. The van der Waals surface area contributed by atoms with E-state index in [0.717, 1.165) is 31.2 Å². The third kappa shape index (κ3) is 7.99. The first kappa shape index (κ1) is 32.6. The number of amidine groups is 1. The van der Waals surface area contributed by atoms with E-state index in [2.05, 4.69) is 25.8 Å². The van der Waals surface area contributed by atoms with Crippen molar-refractivity contribution in [1.82, 2.24) is 15.3 Å². The van der Waals surface area contributed by atoms with Crippen molar-refractivity contribution in [1.29, 1.82) is 5.41 Å². The monoisotopic (exact) mass is 632 g/mol. The number of nitrogens with two attached hydrogens (primary N) is 1. The van der Waals surface area contributed by atoms with Crippen LogP contribution < -0.4 is 16.5 Å². The molecule has 11 nitrogen and oxygen atoms in total. The Bertz CT molecular complexity index is 1500. The molecule has 5 N–H and O–H groups in total. The summed E-state index contributed by atoms with van der Waals surface area (Å²) in [5.41, 5.74) is 8.12. The average molecular weight is 633 g/mol. The zero-order valence-electron chi connectivity index (χ0n) is 24.0. The van der Waals surface area contributed by atoms with Crippen LogP contribution in [0.3, 0.4) is 0 Å². The van der Waals surface area contributed by atoms with Gasteiger partial charge in [0, 0.05) is 41.6 Å². The number of hydrogen-bond acceptors (Lipinski definition) is 8. The standard InChI is InChI=1S/C29H32ClF3N8O3/c1-17(30)13-37-25(35)24(40-39-21-4-3-11-41(14-21)27(43)28(2)15-44-16-28)23(34)18-5-7-19(8-6-18)26(42)38-22-12-20(9-10-36-22)29(31,32)33/h5-10,12-13,21,34,39H,3-4,11,14-16H2,1-2H3,(H2,35,37)(H,36,38,42)/b17-13+,34-23?,40-24+/t21-/m1/s1. The van der Waals surface area contributed by atoms with Crippen LogP contribution in [0.25, 0.3) is 0 Å². The molecule has 0 unspecified atom stereocenters. The van der Waals surface area contributed by atoms with Crippen LogP contribution in [0.15, 0.2) is 63.9 Å². The van der Waals surface area contributed by atoms with Crippen LogP contribution in [0.4, 0.5) is 19.0 Å². The molecule has 0 spiro atoms. The summed E-state index contributed by atoms with van der Waals surface area (Å²) in [4.78, 5) is 35.3. The van der Waals surface area contributed by atoms with E-state index in [9.17, 15) is 22.8 Å². The highest BCUT2D eigenvalue weighted by Crippen LogP contribution is 2.31. The summed E-state index contributed by atoms with van der Waals surface area (Å²) >= 11 is 5.90. The Kier molecular flexibility index (Phi) is 10.0. The van der Waals surface area contributed by atoms with E-state index in [1.807, 2.05) is 6.92 Å². The summed E-state index contributed by atoms with van der Waals surface area (Å²) in [5.74, 6) is -1.01. The fourth-order valence-electron chi connectivity index (χ4n) is 4.59. The Labute approximate surface area is 256 Å². The largest absolute Gasteiger partial charge is 0.416 e. The fourth-order valence-corrected chi connectivity index (χ4v) is 4.63. The molecule has 44 heavy (non-hydrogen) atoms. The lowest BCUT2D eigenvalue weighted by Gasteiger charge is -2.42. The molecule has 1 atom stereocenters. The van der Waals surface area contributed by atoms with Gasteiger partial charge < -0.3 is 26.1 Å². The average Bonchev–Trinajstić information content (AvgIpc) is 2.98. The number of hydrazone groups is 1. The fraction of sp³-hybridized carbons (Fsp3) is 0.379. The molecule has 15 heteroatoms. The number of benzene rings is 1. The number of ether oxygens (including phenoxy) is 1. The second-order valence-electron chi connectivity index (χ2n) is 10.8. The predicted octanol–water partition coefficient (Wildman–Crippen LogP) is 4.15. The maximum absolute atomic E-state index is 13.0. The lowest BCUT2D eigenvalue weighted by Crippen LogP contribution is -2.57. The van der Waals surface area contributed by atoms with Crippen LogP contribution in [0, 0.1) is 10.8 Å². The van der Waals surface area contributed by atoms with Gasteiger partial charge >= 0.3 is 6.18 Å². The summed E-state index contributed by atoms with van der Waals surface area (Å²) in [6.07, 6.45) is -0.808. The van der Waals surface area contributed by atoms with Crippen molar-refractivity contribution in [2.24, 2.45) is 21.2 Å². The number of nitrogens with zero attached hydrogens (tertiary/aromatic N) is 4. The lowest BCUT2D eigenvalue weighted by atomic mass is 9.86. The zero-order chi connectivity index (χ0) is 32.1. The van der Waals surface area contributed by atoms with Crippen molar-refractivity contribution < 1.29 is 27.5 Å². The molecule has 3 heterocycles. The van der Waals surface area contributed by atoms with Gasteiger partial charge in [-0.15, -0.1) is 0 Å². The minimum Gasteiger partial charge on any atom is -0.382 e. The van der Waals surface area contributed by atoms with Crippen LogP contribution >= 0.6 is 11.6 Å². The maximum atomic E-state index is 13.0. The first-order valence-corrected chi connectivity index (χ1v) is 14.0. The predicted molar refractivity (Wildman–Crippen MR) is 161 cm³/mol. The van der Waals surface area contributed by atoms with Crippen LogP contribution in [0.5, 0.6) is 0 Å². The Morgan fingerprint density at radius 3 is 2.52 bits per heavy atom. The molecule has 1 aromatic carbocycles. The van der Waals surface area contributed by atoms with E-state index in [4.69, 9.17) is 27.5 Å². The molecular weight excluding hydrogens is 601 g/mol. The molecule has 2 aromatic rings. The molecule has 2 saturated heterocycles. The molecule has 0 saturated carbocycles. The topological polar surface area (TPSA) is 158 Å². The van der Waals surface area contributed by atoms with E-state index in [0.29, 0.717) is 36.9 Å². The number of nitrogens with one attached hydrogen (secondary N) is 3. The minimum absolute atomic E-state index is 0.00679. The smallest absolute Gasteiger partial charge is 0.382 e. The number of likely N-dealkylation sites (tertiary alicyclic amines) is 1. The minimum atomic E-state index is -4.58. The number of amides is 2. The summed E-state index contributed by atoms with van der Waals surface area (Å²) in [6, 6.07) is 7.11. The number of pyridine rings is 1. The van der Waals surface area contributed by atoms with Crippen molar-refractivity contribution in [3.05, 3.63) is 70.5 Å². The van der Waals surface area contributed by atoms with Crippen molar-refractivity contribution in [2.45, 2.75) is 38.9 Å². The van der Waals surface area contributed by atoms with Crippen molar-refractivity contribution in [3.63, 3.8) is 0 Å². The third-order valence-electron chi connectivity index (χ3n) is 7.05. The summed E-state index contributed by atoms with van der Waals surface area (Å²) in [6.45, 7) is 5.33. The Balaban J connectivity index is 1.49. The van der Waals surface area contributed by atoms with Crippen molar-refractivity contribution >= 4 is 46.5 Å². The molecule has 2 fully saturated rings. The molecule has 2 aliphatic heterocycles. The molecule has 0 radical (unpaired) electrons. The molecule has 2 aliphatic rings. The number of halogens is 4. The van der Waals surface area contributed by atoms with Gasteiger partial charge in [0.1, 0.15) is 5.82 Å². The SMILES string of the molecule is C\C(Cl)=C/N=C(N)\C(=N\N[C@@H]1CCCN(C(=O)C2(C)COC2)C1)C(=N)c1ccc(C(=O)Nc2cc(C(F)(F)F)ccn2)cc1. The Morgan fingerprint density at radius 2 is 1.91 bits per heavy atom. The van der Waals surface area contributed by atoms with Crippen LogP contribution in [0.1, 0.15) is 48.2 Å². The van der Waals surface area contributed by atoms with Crippen LogP contribution in [-0.2, 0) is 15.7 Å². The molecule has 2 amide bonds. The highest BCUT2D eigenvalue weighted by molar-refractivity contribution is 6.70. The summed E-state index contributed by atoms with van der Waals surface area (Å²) in [5, 5.41) is 15.9. The van der Waals surface area contributed by atoms with Gasteiger partial charge in [-0.2, -0.15) is 18.3 Å². The zero-order valence-corrected chi connectivity index (χ0v) is 24.8. The first-order valence-electron chi connectivity index (χ1n) is 13.7. The number of anilines is 1. The second-order valence-corrected chi connectivity index (χ2v) is 11.4. The Hall–Kier alpha value is -4.30. The highest BCUT2D eigenvalue weighted by Gasteiger charge is 2.44. The number of alkyl halides is 3. The van der Waals surface area contributed by atoms with Crippen molar-refractivity contribution in [2.75, 3.05) is 31.6 Å². The number of piperidine rings is 1. The van der Waals surface area contributed by atoms with Gasteiger partial charge in [0.15, 0.2) is 11.5 Å². The van der Waals surface area contributed by atoms with Gasteiger partial charge in [-0.3, -0.25) is 15.0 Å². The van der Waals surface area contributed by atoms with Gasteiger partial charge in [0.2, 0.25) is 5.91 Å². The molecule has 234 valence electrons. The van der Waals surface area contributed by atoms with Crippen LogP contribution in [0.2, 0.25) is 0 Å². The molecule has 0 aliphatic carbocycles. The van der Waals surface area contributed by atoms with E-state index in [-0.39, 0.29) is 40.6 Å². The maximum Gasteiger partial charge on any atom is 0.416 e. The number of carbonyl (C=O) groups excluding carboxylic acids is 2. The van der Waals surface area contributed by atoms with Gasteiger partial charge in [-0.05, 0) is 51.0 Å².